The van der Waals surface area contributed by atoms with E-state index in [0.717, 1.165) is 5.69 Å². The Labute approximate surface area is 215 Å². The summed E-state index contributed by atoms with van der Waals surface area (Å²) in [6.07, 6.45) is -3.78. The van der Waals surface area contributed by atoms with E-state index >= 15 is 0 Å². The monoisotopic (exact) mass is 561 g/mol. The first kappa shape index (κ1) is 29.6. The zero-order chi connectivity index (χ0) is 27.8. The third kappa shape index (κ3) is 9.40. The van der Waals surface area contributed by atoms with E-state index in [-0.39, 0.29) is 11.0 Å². The standard InChI is InChI=1S/C20H22ClN5O3S.C2HF3O2/c1-13(2)29-18-9-8-16(30(27,28)22-3)10-17(18)26-20-11-19(23-12-24-20)25-15-6-4-14(21)5-7-15;3-2(4,5)1(6)7/h4-13,22H,1-3H3,(H2,23,24,25,26);(H,6,7). The fraction of sp³-hybridized carbons (Fsp3) is 0.227. The van der Waals surface area contributed by atoms with Crippen molar-refractivity contribution >= 4 is 50.6 Å². The number of carbonyl (C=O) groups is 1. The summed E-state index contributed by atoms with van der Waals surface area (Å²) in [4.78, 5) is 17.4. The molecule has 0 aliphatic carbocycles. The average molecular weight is 562 g/mol. The number of nitrogens with one attached hydrogen (secondary N) is 3. The summed E-state index contributed by atoms with van der Waals surface area (Å²) in [7, 11) is -2.25. The van der Waals surface area contributed by atoms with Crippen LogP contribution in [0.1, 0.15) is 13.8 Å². The Balaban J connectivity index is 0.000000604. The molecule has 0 aliphatic heterocycles. The molecule has 10 nitrogen and oxygen atoms in total. The summed E-state index contributed by atoms with van der Waals surface area (Å²) < 4.78 is 64.2. The van der Waals surface area contributed by atoms with Gasteiger partial charge in [0.15, 0.2) is 0 Å². The van der Waals surface area contributed by atoms with Gasteiger partial charge in [-0.3, -0.25) is 0 Å². The number of ether oxygens (including phenoxy) is 1. The van der Waals surface area contributed by atoms with Crippen LogP contribution in [0, 0.1) is 0 Å². The molecule has 1 heterocycles. The van der Waals surface area contributed by atoms with E-state index in [2.05, 4.69) is 25.3 Å². The van der Waals surface area contributed by atoms with Crippen LogP contribution in [0.4, 0.5) is 36.2 Å². The van der Waals surface area contributed by atoms with Gasteiger partial charge >= 0.3 is 12.1 Å². The van der Waals surface area contributed by atoms with Gasteiger partial charge in [0.1, 0.15) is 23.7 Å². The van der Waals surface area contributed by atoms with Crippen molar-refractivity contribution in [3.05, 3.63) is 59.9 Å². The van der Waals surface area contributed by atoms with Gasteiger partial charge in [-0.1, -0.05) is 11.6 Å². The zero-order valence-electron chi connectivity index (χ0n) is 19.7. The number of nitrogens with zero attached hydrogens (tertiary/aromatic N) is 2. The molecule has 2 aromatic carbocycles. The Morgan fingerprint density at radius 3 is 2.11 bits per heavy atom. The summed E-state index contributed by atoms with van der Waals surface area (Å²) in [5.74, 6) is -1.23. The molecule has 0 bridgehead atoms. The highest BCUT2D eigenvalue weighted by atomic mass is 35.5. The van der Waals surface area contributed by atoms with E-state index in [1.807, 2.05) is 26.0 Å². The number of benzene rings is 2. The molecule has 0 saturated carbocycles. The fourth-order valence-corrected chi connectivity index (χ4v) is 3.44. The van der Waals surface area contributed by atoms with Crippen LogP contribution in [0.25, 0.3) is 0 Å². The minimum Gasteiger partial charge on any atom is -0.489 e. The molecule has 0 fully saturated rings. The fourth-order valence-electron chi connectivity index (χ4n) is 2.56. The Kier molecular flexibility index (Phi) is 10.1. The molecule has 15 heteroatoms. The summed E-state index contributed by atoms with van der Waals surface area (Å²) in [5, 5.41) is 14.0. The first-order valence-electron chi connectivity index (χ1n) is 10.4. The molecule has 0 atom stereocenters. The molecule has 200 valence electrons. The van der Waals surface area contributed by atoms with Gasteiger partial charge in [-0.05, 0) is 63.4 Å². The largest absolute Gasteiger partial charge is 0.490 e. The Hall–Kier alpha value is -3.62. The van der Waals surface area contributed by atoms with Crippen molar-refractivity contribution in [3.63, 3.8) is 0 Å². The van der Waals surface area contributed by atoms with Crippen molar-refractivity contribution < 1.29 is 36.2 Å². The second-order valence-corrected chi connectivity index (χ2v) is 9.70. The van der Waals surface area contributed by atoms with Gasteiger partial charge in [0.2, 0.25) is 10.0 Å². The molecule has 4 N–H and O–H groups in total. The van der Waals surface area contributed by atoms with E-state index in [9.17, 15) is 21.6 Å². The lowest BCUT2D eigenvalue weighted by Crippen LogP contribution is -2.21. The summed E-state index contributed by atoms with van der Waals surface area (Å²) in [5.41, 5.74) is 1.28. The van der Waals surface area contributed by atoms with Crippen molar-refractivity contribution in [1.82, 2.24) is 14.7 Å². The minimum absolute atomic E-state index is 0.0927. The third-order valence-corrected chi connectivity index (χ3v) is 5.85. The number of hydrogen-bond donors (Lipinski definition) is 4. The van der Waals surface area contributed by atoms with Crippen molar-refractivity contribution in [3.8, 4) is 5.75 Å². The SMILES string of the molecule is CNS(=O)(=O)c1ccc(OC(C)C)c(Nc2cc(Nc3ccc(Cl)cc3)ncn2)c1.O=C(O)C(F)(F)F. The number of sulfonamides is 1. The van der Waals surface area contributed by atoms with E-state index in [0.29, 0.717) is 28.1 Å². The first-order chi connectivity index (χ1) is 17.2. The van der Waals surface area contributed by atoms with Crippen molar-refractivity contribution in [2.24, 2.45) is 0 Å². The quantitative estimate of drug-likeness (QED) is 0.300. The van der Waals surface area contributed by atoms with Crippen LogP contribution in [0.15, 0.2) is 59.8 Å². The maximum absolute atomic E-state index is 12.2. The van der Waals surface area contributed by atoms with Gasteiger partial charge < -0.3 is 20.5 Å². The summed E-state index contributed by atoms with van der Waals surface area (Å²) in [6.45, 7) is 3.78. The van der Waals surface area contributed by atoms with Crippen LogP contribution in [-0.4, -0.2) is 48.8 Å². The molecule has 3 aromatic rings. The predicted molar refractivity (Wildman–Crippen MR) is 132 cm³/mol. The molecule has 0 radical (unpaired) electrons. The van der Waals surface area contributed by atoms with Crippen LogP contribution < -0.4 is 20.1 Å². The number of hydrogen-bond acceptors (Lipinski definition) is 8. The smallest absolute Gasteiger partial charge is 0.489 e. The summed E-state index contributed by atoms with van der Waals surface area (Å²) in [6, 6.07) is 13.5. The highest BCUT2D eigenvalue weighted by Gasteiger charge is 2.38. The molecule has 0 unspecified atom stereocenters. The summed E-state index contributed by atoms with van der Waals surface area (Å²) >= 11 is 5.91. The molecule has 37 heavy (non-hydrogen) atoms. The number of carboxylic acid groups (broad SMARTS) is 1. The number of alkyl halides is 3. The molecular formula is C22H23ClF3N5O5S. The van der Waals surface area contributed by atoms with Gasteiger partial charge in [-0.2, -0.15) is 13.2 Å². The van der Waals surface area contributed by atoms with Crippen molar-refractivity contribution in [2.75, 3.05) is 17.7 Å². The lowest BCUT2D eigenvalue weighted by molar-refractivity contribution is -0.192. The second-order valence-electron chi connectivity index (χ2n) is 7.38. The molecule has 1 aromatic heterocycles. The van der Waals surface area contributed by atoms with Gasteiger partial charge in [-0.25, -0.2) is 27.9 Å². The third-order valence-electron chi connectivity index (χ3n) is 4.18. The maximum atomic E-state index is 12.2. The number of rotatable bonds is 8. The van der Waals surface area contributed by atoms with Crippen LogP contribution in [0.2, 0.25) is 5.02 Å². The number of aliphatic carboxylic acids is 1. The Morgan fingerprint density at radius 2 is 1.59 bits per heavy atom. The van der Waals surface area contributed by atoms with E-state index in [4.69, 9.17) is 26.2 Å². The van der Waals surface area contributed by atoms with Crippen molar-refractivity contribution in [1.29, 1.82) is 0 Å². The van der Waals surface area contributed by atoms with E-state index in [1.165, 1.54) is 25.5 Å². The van der Waals surface area contributed by atoms with Crippen LogP contribution in [0.3, 0.4) is 0 Å². The normalized spacial score (nSPS) is 11.4. The van der Waals surface area contributed by atoms with Gasteiger partial charge in [0.05, 0.1) is 16.7 Å². The van der Waals surface area contributed by atoms with Crippen molar-refractivity contribution in [2.45, 2.75) is 31.0 Å². The first-order valence-corrected chi connectivity index (χ1v) is 12.2. The molecule has 0 spiro atoms. The van der Waals surface area contributed by atoms with E-state index < -0.39 is 22.2 Å². The van der Waals surface area contributed by atoms with Gasteiger partial charge in [-0.15, -0.1) is 0 Å². The van der Waals surface area contributed by atoms with E-state index in [1.54, 1.807) is 24.3 Å². The number of carboxylic acids is 1. The Morgan fingerprint density at radius 1 is 1.03 bits per heavy atom. The minimum atomic E-state index is -5.08. The van der Waals surface area contributed by atoms with Gasteiger partial charge in [0, 0.05) is 16.8 Å². The van der Waals surface area contributed by atoms with Crippen LogP contribution in [-0.2, 0) is 14.8 Å². The predicted octanol–water partition coefficient (Wildman–Crippen LogP) is 4.95. The topological polar surface area (TPSA) is 143 Å². The molecule has 0 aliphatic rings. The highest BCUT2D eigenvalue weighted by molar-refractivity contribution is 7.89. The average Bonchev–Trinajstić information content (AvgIpc) is 2.81. The van der Waals surface area contributed by atoms with Crippen LogP contribution in [0.5, 0.6) is 5.75 Å². The molecule has 0 saturated heterocycles. The number of halogens is 4. The molecule has 3 rings (SSSR count). The lowest BCUT2D eigenvalue weighted by Gasteiger charge is -2.17. The van der Waals surface area contributed by atoms with Crippen LogP contribution >= 0.6 is 11.6 Å². The number of aromatic nitrogens is 2. The number of anilines is 4. The highest BCUT2D eigenvalue weighted by Crippen LogP contribution is 2.31. The second kappa shape index (κ2) is 12.6. The lowest BCUT2D eigenvalue weighted by atomic mass is 10.2. The molecule has 0 amide bonds. The molecular weight excluding hydrogens is 539 g/mol. The Bertz CT molecular complexity index is 1320. The zero-order valence-corrected chi connectivity index (χ0v) is 21.2. The maximum Gasteiger partial charge on any atom is 0.490 e. The van der Waals surface area contributed by atoms with Gasteiger partial charge in [0.25, 0.3) is 0 Å².